The lowest BCUT2D eigenvalue weighted by Gasteiger charge is -2.22. The Morgan fingerprint density at radius 1 is 1.47 bits per heavy atom. The van der Waals surface area contributed by atoms with Gasteiger partial charge >= 0.3 is 11.9 Å². The van der Waals surface area contributed by atoms with Crippen LogP contribution in [-0.2, 0) is 23.9 Å². The largest absolute Gasteiger partial charge is 0.466 e. The molecule has 1 fully saturated rings. The molecular formula is C11H17NO5. The van der Waals surface area contributed by atoms with E-state index in [4.69, 9.17) is 4.74 Å². The third kappa shape index (κ3) is 4.42. The smallest absolute Gasteiger partial charge is 0.344 e. The van der Waals surface area contributed by atoms with Crippen molar-refractivity contribution in [2.45, 2.75) is 25.3 Å². The minimum Gasteiger partial charge on any atom is -0.466 e. The lowest BCUT2D eigenvalue weighted by molar-refractivity contribution is -0.161. The maximum Gasteiger partial charge on any atom is 0.344 e. The predicted octanol–water partition coefficient (Wildman–Crippen LogP) is -0.0405. The van der Waals surface area contributed by atoms with Gasteiger partial charge in [0.05, 0.1) is 7.11 Å². The fraction of sp³-hybridized carbons (Fsp3) is 0.727. The van der Waals surface area contributed by atoms with Crippen LogP contribution < -0.4 is 0 Å². The number of hydrogen-bond acceptors (Lipinski definition) is 5. The minimum absolute atomic E-state index is 0.413. The van der Waals surface area contributed by atoms with E-state index in [1.165, 1.54) is 19.1 Å². The van der Waals surface area contributed by atoms with Crippen molar-refractivity contribution < 1.29 is 23.9 Å². The standard InChI is InChI=1S/C11H17NO5/c1-12(7-13)9(5-8-3-4-8)11(15)17-6-10(14)16-2/h7-9H,3-6H2,1-2H3/t9-/m0/s1. The van der Waals surface area contributed by atoms with Crippen LogP contribution in [0.1, 0.15) is 19.3 Å². The maximum absolute atomic E-state index is 11.7. The molecule has 0 heterocycles. The van der Waals surface area contributed by atoms with E-state index in [0.29, 0.717) is 18.7 Å². The maximum atomic E-state index is 11.7. The molecule has 0 saturated heterocycles. The Labute approximate surface area is 99.9 Å². The highest BCUT2D eigenvalue weighted by Crippen LogP contribution is 2.34. The lowest BCUT2D eigenvalue weighted by Crippen LogP contribution is -2.40. The molecule has 0 spiro atoms. The quantitative estimate of drug-likeness (QED) is 0.463. The summed E-state index contributed by atoms with van der Waals surface area (Å²) in [7, 11) is 2.74. The molecule has 0 bridgehead atoms. The van der Waals surface area contributed by atoms with Gasteiger partial charge in [0.1, 0.15) is 6.04 Å². The molecular weight excluding hydrogens is 226 g/mol. The molecule has 0 aromatic heterocycles. The van der Waals surface area contributed by atoms with Crippen molar-refractivity contribution in [2.24, 2.45) is 5.92 Å². The molecule has 1 saturated carbocycles. The number of amides is 1. The first kappa shape index (κ1) is 13.5. The number of hydrogen-bond donors (Lipinski definition) is 0. The highest BCUT2D eigenvalue weighted by molar-refractivity contribution is 5.81. The number of carbonyl (C=O) groups excluding carboxylic acids is 3. The lowest BCUT2D eigenvalue weighted by atomic mass is 10.1. The van der Waals surface area contributed by atoms with Crippen molar-refractivity contribution in [3.63, 3.8) is 0 Å². The molecule has 17 heavy (non-hydrogen) atoms. The Hall–Kier alpha value is -1.59. The average molecular weight is 243 g/mol. The summed E-state index contributed by atoms with van der Waals surface area (Å²) in [6.45, 7) is -0.413. The Bertz CT molecular complexity index is 300. The van der Waals surface area contributed by atoms with Crippen molar-refractivity contribution >= 4 is 18.3 Å². The monoisotopic (exact) mass is 243 g/mol. The zero-order valence-corrected chi connectivity index (χ0v) is 10.0. The molecule has 1 rings (SSSR count). The second kappa shape index (κ2) is 6.22. The molecule has 6 nitrogen and oxygen atoms in total. The molecule has 0 aromatic carbocycles. The Kier molecular flexibility index (Phi) is 4.93. The van der Waals surface area contributed by atoms with E-state index >= 15 is 0 Å². The van der Waals surface area contributed by atoms with Crippen molar-refractivity contribution in [1.82, 2.24) is 4.90 Å². The zero-order chi connectivity index (χ0) is 12.8. The first-order chi connectivity index (χ1) is 8.08. The number of carbonyl (C=O) groups is 3. The molecule has 1 aliphatic rings. The zero-order valence-electron chi connectivity index (χ0n) is 10.0. The summed E-state index contributed by atoms with van der Waals surface area (Å²) < 4.78 is 9.16. The fourth-order valence-corrected chi connectivity index (χ4v) is 1.46. The highest BCUT2D eigenvalue weighted by atomic mass is 16.6. The summed E-state index contributed by atoms with van der Waals surface area (Å²) in [5, 5.41) is 0. The van der Waals surface area contributed by atoms with Crippen LogP contribution in [0, 0.1) is 5.92 Å². The van der Waals surface area contributed by atoms with Gasteiger partial charge < -0.3 is 14.4 Å². The number of ether oxygens (including phenoxy) is 2. The van der Waals surface area contributed by atoms with Gasteiger partial charge in [0.25, 0.3) is 0 Å². The van der Waals surface area contributed by atoms with Crippen LogP contribution in [-0.4, -0.2) is 50.1 Å². The number of nitrogens with zero attached hydrogens (tertiary/aromatic N) is 1. The molecule has 0 unspecified atom stereocenters. The van der Waals surface area contributed by atoms with Crippen molar-refractivity contribution in [3.05, 3.63) is 0 Å². The van der Waals surface area contributed by atoms with Gasteiger partial charge in [-0.2, -0.15) is 0 Å². The van der Waals surface area contributed by atoms with Gasteiger partial charge in [-0.05, 0) is 12.3 Å². The summed E-state index contributed by atoms with van der Waals surface area (Å²) in [5.74, 6) is -0.692. The summed E-state index contributed by atoms with van der Waals surface area (Å²) in [6, 6.07) is -0.607. The van der Waals surface area contributed by atoms with Gasteiger partial charge in [-0.3, -0.25) is 4.79 Å². The van der Waals surface area contributed by atoms with Crippen molar-refractivity contribution in [2.75, 3.05) is 20.8 Å². The molecule has 96 valence electrons. The summed E-state index contributed by atoms with van der Waals surface area (Å²) in [4.78, 5) is 34.5. The Balaban J connectivity index is 2.46. The molecule has 1 amide bonds. The molecule has 0 N–H and O–H groups in total. The number of likely N-dealkylation sites (N-methyl/N-ethyl adjacent to an activating group) is 1. The van der Waals surface area contributed by atoms with E-state index in [-0.39, 0.29) is 0 Å². The third-order valence-corrected chi connectivity index (χ3v) is 2.74. The van der Waals surface area contributed by atoms with Gasteiger partial charge in [0, 0.05) is 7.05 Å². The fourth-order valence-electron chi connectivity index (χ4n) is 1.46. The third-order valence-electron chi connectivity index (χ3n) is 2.74. The van der Waals surface area contributed by atoms with Gasteiger partial charge in [0.2, 0.25) is 6.41 Å². The highest BCUT2D eigenvalue weighted by Gasteiger charge is 2.32. The van der Waals surface area contributed by atoms with Crippen LogP contribution in [0.25, 0.3) is 0 Å². The predicted molar refractivity (Wildman–Crippen MR) is 57.9 cm³/mol. The van der Waals surface area contributed by atoms with E-state index in [2.05, 4.69) is 4.74 Å². The molecule has 1 atom stereocenters. The number of rotatable bonds is 7. The number of methoxy groups -OCH3 is 1. The van der Waals surface area contributed by atoms with Crippen molar-refractivity contribution in [3.8, 4) is 0 Å². The van der Waals surface area contributed by atoms with Crippen LogP contribution in [0.15, 0.2) is 0 Å². The molecule has 0 aliphatic heterocycles. The molecule has 1 aliphatic carbocycles. The molecule has 6 heteroatoms. The number of esters is 2. The first-order valence-electron chi connectivity index (χ1n) is 5.49. The Morgan fingerprint density at radius 2 is 2.12 bits per heavy atom. The van der Waals surface area contributed by atoms with Gasteiger partial charge in [-0.1, -0.05) is 12.8 Å². The topological polar surface area (TPSA) is 72.9 Å². The van der Waals surface area contributed by atoms with E-state index in [0.717, 1.165) is 12.8 Å². The van der Waals surface area contributed by atoms with Crippen LogP contribution in [0.2, 0.25) is 0 Å². The first-order valence-corrected chi connectivity index (χ1v) is 5.49. The van der Waals surface area contributed by atoms with Gasteiger partial charge in [-0.25, -0.2) is 9.59 Å². The van der Waals surface area contributed by atoms with E-state index in [1.54, 1.807) is 0 Å². The van der Waals surface area contributed by atoms with E-state index in [9.17, 15) is 14.4 Å². The summed E-state index contributed by atoms with van der Waals surface area (Å²) in [5.41, 5.74) is 0. The van der Waals surface area contributed by atoms with Crippen LogP contribution in [0.5, 0.6) is 0 Å². The minimum atomic E-state index is -0.614. The van der Waals surface area contributed by atoms with E-state index in [1.807, 2.05) is 0 Å². The van der Waals surface area contributed by atoms with Crippen LogP contribution >= 0.6 is 0 Å². The summed E-state index contributed by atoms with van der Waals surface area (Å²) in [6.07, 6.45) is 3.34. The molecule has 0 radical (unpaired) electrons. The van der Waals surface area contributed by atoms with Gasteiger partial charge in [0.15, 0.2) is 6.61 Å². The van der Waals surface area contributed by atoms with Gasteiger partial charge in [-0.15, -0.1) is 0 Å². The second-order valence-corrected chi connectivity index (χ2v) is 4.15. The Morgan fingerprint density at radius 3 is 2.59 bits per heavy atom. The molecule has 0 aromatic rings. The SMILES string of the molecule is COC(=O)COC(=O)[C@H](CC1CC1)N(C)C=O. The van der Waals surface area contributed by atoms with Crippen LogP contribution in [0.3, 0.4) is 0 Å². The second-order valence-electron chi connectivity index (χ2n) is 4.15. The van der Waals surface area contributed by atoms with Crippen molar-refractivity contribution in [1.29, 1.82) is 0 Å². The van der Waals surface area contributed by atoms with Crippen LogP contribution in [0.4, 0.5) is 0 Å². The summed E-state index contributed by atoms with van der Waals surface area (Å²) >= 11 is 0. The average Bonchev–Trinajstić information content (AvgIpc) is 3.15. The van der Waals surface area contributed by atoms with E-state index < -0.39 is 24.6 Å². The normalized spacial score (nSPS) is 15.9.